The number of nitrogens with one attached hydrogen (secondary N) is 2. The van der Waals surface area contributed by atoms with Crippen molar-refractivity contribution in [3.05, 3.63) is 96.3 Å². The average Bonchev–Trinajstić information content (AvgIpc) is 2.80. The molecule has 2 N–H and O–H groups in total. The van der Waals surface area contributed by atoms with E-state index in [1.807, 2.05) is 0 Å². The Kier molecular flexibility index (Phi) is 6.33. The molecule has 0 aliphatic rings. The summed E-state index contributed by atoms with van der Waals surface area (Å²) in [5.74, 6) is -1.57. The summed E-state index contributed by atoms with van der Waals surface area (Å²) in [5, 5.41) is 3.10. The largest absolute Gasteiger partial charge is 0.340 e. The molecule has 4 aromatic rings. The van der Waals surface area contributed by atoms with Crippen LogP contribution >= 0.6 is 0 Å². The molecule has 34 heavy (non-hydrogen) atoms. The molecule has 10 heteroatoms. The Balaban J connectivity index is 1.48. The van der Waals surface area contributed by atoms with E-state index in [1.54, 1.807) is 42.5 Å². The van der Waals surface area contributed by atoms with E-state index in [4.69, 9.17) is 0 Å². The second-order valence-electron chi connectivity index (χ2n) is 7.30. The van der Waals surface area contributed by atoms with E-state index in [1.165, 1.54) is 25.4 Å². The van der Waals surface area contributed by atoms with E-state index in [2.05, 4.69) is 20.0 Å². The lowest BCUT2D eigenvalue weighted by atomic mass is 10.1. The van der Waals surface area contributed by atoms with Gasteiger partial charge in [-0.15, -0.1) is 0 Å². The van der Waals surface area contributed by atoms with Crippen molar-refractivity contribution in [2.45, 2.75) is 11.8 Å². The Morgan fingerprint density at radius 1 is 0.853 bits per heavy atom. The Labute approximate surface area is 194 Å². The number of aromatic nitrogens is 2. The molecule has 4 rings (SSSR count). The highest BCUT2D eigenvalue weighted by Crippen LogP contribution is 2.24. The van der Waals surface area contributed by atoms with Gasteiger partial charge < -0.3 is 5.32 Å². The van der Waals surface area contributed by atoms with Gasteiger partial charge in [-0.25, -0.2) is 27.2 Å². The summed E-state index contributed by atoms with van der Waals surface area (Å²) < 4.78 is 54.0. The van der Waals surface area contributed by atoms with Crippen molar-refractivity contribution in [3.63, 3.8) is 0 Å². The van der Waals surface area contributed by atoms with Crippen molar-refractivity contribution in [3.8, 4) is 11.3 Å². The molecular weight excluding hydrogens is 462 g/mol. The van der Waals surface area contributed by atoms with Crippen LogP contribution in [0.4, 0.5) is 26.0 Å². The molecule has 0 fully saturated rings. The predicted octanol–water partition coefficient (Wildman–Crippen LogP) is 5.17. The lowest BCUT2D eigenvalue weighted by Crippen LogP contribution is -2.14. The highest BCUT2D eigenvalue weighted by molar-refractivity contribution is 7.92. The maximum absolute atomic E-state index is 13.9. The fourth-order valence-corrected chi connectivity index (χ4v) is 4.25. The number of carbonyl (C=O) groups is 1. The van der Waals surface area contributed by atoms with Crippen LogP contribution in [0.2, 0.25) is 0 Å². The van der Waals surface area contributed by atoms with Crippen LogP contribution in [-0.4, -0.2) is 24.2 Å². The second kappa shape index (κ2) is 9.36. The summed E-state index contributed by atoms with van der Waals surface area (Å²) in [6.07, 6.45) is 1.40. The van der Waals surface area contributed by atoms with Crippen LogP contribution < -0.4 is 10.0 Å². The summed E-state index contributed by atoms with van der Waals surface area (Å²) >= 11 is 0. The van der Waals surface area contributed by atoms with Gasteiger partial charge in [0.05, 0.1) is 5.69 Å². The van der Waals surface area contributed by atoms with Crippen molar-refractivity contribution >= 4 is 33.0 Å². The van der Waals surface area contributed by atoms with Gasteiger partial charge in [-0.05, 0) is 43.3 Å². The number of anilines is 3. The molecule has 0 atom stereocenters. The Morgan fingerprint density at radius 3 is 2.18 bits per heavy atom. The maximum Gasteiger partial charge on any atom is 0.264 e. The van der Waals surface area contributed by atoms with Crippen molar-refractivity contribution in [2.75, 3.05) is 10.0 Å². The van der Waals surface area contributed by atoms with E-state index in [9.17, 15) is 22.0 Å². The van der Waals surface area contributed by atoms with Crippen LogP contribution in [0.5, 0.6) is 0 Å². The van der Waals surface area contributed by atoms with Crippen LogP contribution in [0.25, 0.3) is 11.3 Å². The monoisotopic (exact) mass is 480 g/mol. The van der Waals surface area contributed by atoms with Crippen molar-refractivity contribution in [1.29, 1.82) is 0 Å². The SMILES string of the molecule is CC(=O)c1ccc(-c2cc(Nc3ccc(NS(=O)(=O)c4ccc(F)cc4F)cc3)ncn2)cc1. The normalized spacial score (nSPS) is 11.1. The third kappa shape index (κ3) is 5.24. The van der Waals surface area contributed by atoms with E-state index >= 15 is 0 Å². The van der Waals surface area contributed by atoms with E-state index in [0.717, 1.165) is 17.7 Å². The molecule has 1 heterocycles. The molecule has 0 saturated carbocycles. The van der Waals surface area contributed by atoms with Crippen LogP contribution in [0.1, 0.15) is 17.3 Å². The Hall–Kier alpha value is -4.18. The first-order valence-electron chi connectivity index (χ1n) is 10.00. The predicted molar refractivity (Wildman–Crippen MR) is 124 cm³/mol. The first-order valence-corrected chi connectivity index (χ1v) is 11.5. The quantitative estimate of drug-likeness (QED) is 0.354. The lowest BCUT2D eigenvalue weighted by molar-refractivity contribution is 0.101. The van der Waals surface area contributed by atoms with Gasteiger partial charge in [0.2, 0.25) is 0 Å². The fraction of sp³-hybridized carbons (Fsp3) is 0.0417. The van der Waals surface area contributed by atoms with Crippen LogP contribution in [0, 0.1) is 11.6 Å². The molecule has 0 aliphatic carbocycles. The van der Waals surface area contributed by atoms with Gasteiger partial charge >= 0.3 is 0 Å². The highest BCUT2D eigenvalue weighted by atomic mass is 32.2. The summed E-state index contributed by atoms with van der Waals surface area (Å²) in [5.41, 5.74) is 2.89. The zero-order valence-corrected chi connectivity index (χ0v) is 18.6. The number of sulfonamides is 1. The molecule has 0 saturated heterocycles. The molecule has 0 amide bonds. The number of hydrogen-bond donors (Lipinski definition) is 2. The molecule has 172 valence electrons. The standard InChI is InChI=1S/C24H18F2N4O3S/c1-15(31)16-2-4-17(5-3-16)22-13-24(28-14-27-22)29-19-7-9-20(10-8-19)30-34(32,33)23-11-6-18(25)12-21(23)26/h2-14,30H,1H3,(H,27,28,29). The zero-order valence-electron chi connectivity index (χ0n) is 17.8. The molecule has 3 aromatic carbocycles. The number of carbonyl (C=O) groups excluding carboxylic acids is 1. The molecule has 0 bridgehead atoms. The Morgan fingerprint density at radius 2 is 1.53 bits per heavy atom. The topological polar surface area (TPSA) is 101 Å². The van der Waals surface area contributed by atoms with E-state index in [-0.39, 0.29) is 11.5 Å². The fourth-order valence-electron chi connectivity index (χ4n) is 3.13. The van der Waals surface area contributed by atoms with Gasteiger partial charge in [-0.3, -0.25) is 9.52 Å². The van der Waals surface area contributed by atoms with Gasteiger partial charge in [0.15, 0.2) is 5.78 Å². The molecule has 0 aliphatic heterocycles. The number of hydrogen-bond acceptors (Lipinski definition) is 6. The van der Waals surface area contributed by atoms with Crippen molar-refractivity contribution in [2.24, 2.45) is 0 Å². The van der Waals surface area contributed by atoms with Crippen molar-refractivity contribution < 1.29 is 22.0 Å². The number of Topliss-reactive ketones (excluding diaryl/α,β-unsaturated/α-hetero) is 1. The van der Waals surface area contributed by atoms with Gasteiger partial charge in [0, 0.05) is 34.6 Å². The van der Waals surface area contributed by atoms with Gasteiger partial charge in [-0.2, -0.15) is 0 Å². The number of benzene rings is 3. The number of rotatable bonds is 7. The lowest BCUT2D eigenvalue weighted by Gasteiger charge is -2.11. The highest BCUT2D eigenvalue weighted by Gasteiger charge is 2.19. The Bertz CT molecular complexity index is 1460. The van der Waals surface area contributed by atoms with Crippen LogP contribution in [0.15, 0.2) is 84.0 Å². The van der Waals surface area contributed by atoms with E-state index in [0.29, 0.717) is 28.8 Å². The molecule has 0 spiro atoms. The first kappa shape index (κ1) is 23.0. The van der Waals surface area contributed by atoms with Crippen LogP contribution in [-0.2, 0) is 10.0 Å². The summed E-state index contributed by atoms with van der Waals surface area (Å²) in [6, 6.07) is 17.2. The number of halogens is 2. The van der Waals surface area contributed by atoms with Gasteiger partial charge in [0.1, 0.15) is 28.7 Å². The number of ketones is 1. The van der Waals surface area contributed by atoms with Crippen molar-refractivity contribution in [1.82, 2.24) is 9.97 Å². The van der Waals surface area contributed by atoms with E-state index < -0.39 is 26.6 Å². The number of nitrogens with zero attached hydrogens (tertiary/aromatic N) is 2. The van der Waals surface area contributed by atoms with Gasteiger partial charge in [-0.1, -0.05) is 24.3 Å². The average molecular weight is 480 g/mol. The molecule has 0 radical (unpaired) electrons. The molecule has 7 nitrogen and oxygen atoms in total. The second-order valence-corrected chi connectivity index (χ2v) is 8.96. The third-order valence-electron chi connectivity index (χ3n) is 4.85. The third-order valence-corrected chi connectivity index (χ3v) is 6.26. The minimum absolute atomic E-state index is 0.0230. The zero-order chi connectivity index (χ0) is 24.3. The smallest absolute Gasteiger partial charge is 0.264 e. The maximum atomic E-state index is 13.9. The summed E-state index contributed by atoms with van der Waals surface area (Å²) in [6.45, 7) is 1.50. The molecule has 1 aromatic heterocycles. The molecular formula is C24H18F2N4O3S. The van der Waals surface area contributed by atoms with Crippen LogP contribution in [0.3, 0.4) is 0 Å². The minimum Gasteiger partial charge on any atom is -0.340 e. The summed E-state index contributed by atoms with van der Waals surface area (Å²) in [7, 11) is -4.23. The minimum atomic E-state index is -4.23. The summed E-state index contributed by atoms with van der Waals surface area (Å²) in [4.78, 5) is 19.2. The van der Waals surface area contributed by atoms with Gasteiger partial charge in [0.25, 0.3) is 10.0 Å². The first-order chi connectivity index (χ1) is 16.2. The molecule has 0 unspecified atom stereocenters.